The highest BCUT2D eigenvalue weighted by molar-refractivity contribution is 5.27. The predicted octanol–water partition coefficient (Wildman–Crippen LogP) is 2.34. The van der Waals surface area contributed by atoms with Gasteiger partial charge in [-0.15, -0.1) is 0 Å². The fraction of sp³-hybridized carbons (Fsp3) is 0.538. The second kappa shape index (κ2) is 4.93. The Morgan fingerprint density at radius 1 is 1.38 bits per heavy atom. The highest BCUT2D eigenvalue weighted by atomic mass is 19.1. The smallest absolute Gasteiger partial charge is 0.128 e. The van der Waals surface area contributed by atoms with E-state index in [0.29, 0.717) is 12.0 Å². The van der Waals surface area contributed by atoms with Crippen LogP contribution in [0.15, 0.2) is 24.3 Å². The first-order chi connectivity index (χ1) is 7.43. The molecule has 2 N–H and O–H groups in total. The maximum absolute atomic E-state index is 13.8. The van der Waals surface area contributed by atoms with Crippen molar-refractivity contribution in [1.29, 1.82) is 0 Å². The summed E-state index contributed by atoms with van der Waals surface area (Å²) in [6.45, 7) is 4.02. The van der Waals surface area contributed by atoms with Crippen molar-refractivity contribution in [1.82, 2.24) is 4.90 Å². The van der Waals surface area contributed by atoms with Crippen LogP contribution in [0.25, 0.3) is 0 Å². The van der Waals surface area contributed by atoms with Gasteiger partial charge in [-0.3, -0.25) is 0 Å². The lowest BCUT2D eigenvalue weighted by Crippen LogP contribution is -2.52. The average Bonchev–Trinajstić information content (AvgIpc) is 2.27. The topological polar surface area (TPSA) is 29.3 Å². The van der Waals surface area contributed by atoms with Crippen molar-refractivity contribution in [3.05, 3.63) is 35.6 Å². The minimum Gasteiger partial charge on any atom is -0.320 e. The third kappa shape index (κ3) is 2.25. The van der Waals surface area contributed by atoms with Crippen molar-refractivity contribution in [3.63, 3.8) is 0 Å². The van der Waals surface area contributed by atoms with E-state index in [1.54, 1.807) is 12.1 Å². The molecule has 90 valence electrons. The van der Waals surface area contributed by atoms with E-state index in [1.165, 1.54) is 6.07 Å². The minimum atomic E-state index is -0.644. The average molecular weight is 224 g/mol. The molecule has 2 nitrogen and oxygen atoms in total. The number of halogens is 1. The first-order valence-corrected chi connectivity index (χ1v) is 5.63. The zero-order valence-corrected chi connectivity index (χ0v) is 10.5. The van der Waals surface area contributed by atoms with Gasteiger partial charge in [-0.05, 0) is 33.5 Å². The number of rotatable bonds is 4. The van der Waals surface area contributed by atoms with E-state index in [0.717, 1.165) is 0 Å². The van der Waals surface area contributed by atoms with Crippen molar-refractivity contribution in [2.45, 2.75) is 31.8 Å². The van der Waals surface area contributed by atoms with Crippen LogP contribution < -0.4 is 5.73 Å². The normalized spacial score (nSPS) is 17.2. The van der Waals surface area contributed by atoms with E-state index in [4.69, 9.17) is 5.73 Å². The molecular weight excluding hydrogens is 203 g/mol. The lowest BCUT2D eigenvalue weighted by molar-refractivity contribution is 0.183. The van der Waals surface area contributed by atoms with Gasteiger partial charge >= 0.3 is 0 Å². The lowest BCUT2D eigenvalue weighted by atomic mass is 9.81. The van der Waals surface area contributed by atoms with E-state index >= 15 is 0 Å². The van der Waals surface area contributed by atoms with E-state index in [1.807, 2.05) is 38.9 Å². The third-order valence-corrected chi connectivity index (χ3v) is 3.48. The molecule has 2 unspecified atom stereocenters. The molecular formula is C13H21FN2. The van der Waals surface area contributed by atoms with Crippen LogP contribution in [0.4, 0.5) is 4.39 Å². The molecule has 1 aromatic carbocycles. The van der Waals surface area contributed by atoms with Crippen LogP contribution in [0.1, 0.15) is 25.8 Å². The molecule has 0 bridgehead atoms. The summed E-state index contributed by atoms with van der Waals surface area (Å²) in [7, 11) is 3.92. The van der Waals surface area contributed by atoms with Crippen molar-refractivity contribution < 1.29 is 4.39 Å². The molecule has 0 fully saturated rings. The number of nitrogens with zero attached hydrogens (tertiary/aromatic N) is 1. The number of benzene rings is 1. The summed E-state index contributed by atoms with van der Waals surface area (Å²) in [5.41, 5.74) is 6.33. The van der Waals surface area contributed by atoms with Crippen LogP contribution in [-0.2, 0) is 5.54 Å². The fourth-order valence-electron chi connectivity index (χ4n) is 2.01. The predicted molar refractivity (Wildman–Crippen MR) is 65.7 cm³/mol. The molecule has 1 aromatic rings. The molecule has 0 aliphatic heterocycles. The molecule has 0 spiro atoms. The van der Waals surface area contributed by atoms with Crippen molar-refractivity contribution in [2.24, 2.45) is 5.73 Å². The summed E-state index contributed by atoms with van der Waals surface area (Å²) in [6.07, 6.45) is 0.702. The molecule has 0 aromatic heterocycles. The Morgan fingerprint density at radius 2 is 1.94 bits per heavy atom. The molecule has 1 rings (SSSR count). The Bertz CT molecular complexity index is 352. The first kappa shape index (κ1) is 13.1. The van der Waals surface area contributed by atoms with Crippen LogP contribution in [0.2, 0.25) is 0 Å². The molecule has 2 atom stereocenters. The fourth-order valence-corrected chi connectivity index (χ4v) is 2.01. The maximum atomic E-state index is 13.8. The van der Waals surface area contributed by atoms with Crippen LogP contribution >= 0.6 is 0 Å². The number of hydrogen-bond donors (Lipinski definition) is 1. The monoisotopic (exact) mass is 224 g/mol. The van der Waals surface area contributed by atoms with Crippen LogP contribution in [-0.4, -0.2) is 25.0 Å². The molecule has 16 heavy (non-hydrogen) atoms. The summed E-state index contributed by atoms with van der Waals surface area (Å²) in [5.74, 6) is -0.222. The Labute approximate surface area is 97.3 Å². The summed E-state index contributed by atoms with van der Waals surface area (Å²) >= 11 is 0. The van der Waals surface area contributed by atoms with E-state index in [2.05, 4.69) is 0 Å². The number of nitrogens with two attached hydrogens (primary N) is 1. The number of likely N-dealkylation sites (N-methyl/N-ethyl adjacent to an activating group) is 1. The maximum Gasteiger partial charge on any atom is 0.128 e. The van der Waals surface area contributed by atoms with Crippen molar-refractivity contribution in [3.8, 4) is 0 Å². The largest absolute Gasteiger partial charge is 0.320 e. The van der Waals surface area contributed by atoms with Gasteiger partial charge in [-0.1, -0.05) is 25.1 Å². The van der Waals surface area contributed by atoms with Gasteiger partial charge in [-0.2, -0.15) is 0 Å². The van der Waals surface area contributed by atoms with Crippen molar-refractivity contribution in [2.75, 3.05) is 14.1 Å². The quantitative estimate of drug-likeness (QED) is 0.850. The second-order valence-corrected chi connectivity index (χ2v) is 4.51. The van der Waals surface area contributed by atoms with E-state index in [-0.39, 0.29) is 11.9 Å². The first-order valence-electron chi connectivity index (χ1n) is 5.63. The Balaban J connectivity index is 3.20. The van der Waals surface area contributed by atoms with Gasteiger partial charge in [0.1, 0.15) is 5.82 Å². The third-order valence-electron chi connectivity index (χ3n) is 3.48. The van der Waals surface area contributed by atoms with Crippen LogP contribution in [0.5, 0.6) is 0 Å². The van der Waals surface area contributed by atoms with Gasteiger partial charge in [0, 0.05) is 11.6 Å². The van der Waals surface area contributed by atoms with Gasteiger partial charge in [-0.25, -0.2) is 4.39 Å². The summed E-state index contributed by atoms with van der Waals surface area (Å²) in [5, 5.41) is 0. The van der Waals surface area contributed by atoms with Gasteiger partial charge in [0.15, 0.2) is 0 Å². The minimum absolute atomic E-state index is 0.0781. The van der Waals surface area contributed by atoms with Gasteiger partial charge in [0.05, 0.1) is 5.54 Å². The number of hydrogen-bond acceptors (Lipinski definition) is 2. The van der Waals surface area contributed by atoms with Gasteiger partial charge in [0.2, 0.25) is 0 Å². The van der Waals surface area contributed by atoms with Crippen molar-refractivity contribution >= 4 is 0 Å². The standard InChI is InChI=1S/C13H21FN2/c1-5-13(15,10(2)16(3)4)11-8-6-7-9-12(11)14/h6-10H,5,15H2,1-4H3. The van der Waals surface area contributed by atoms with E-state index < -0.39 is 5.54 Å². The zero-order valence-electron chi connectivity index (χ0n) is 10.5. The molecule has 0 amide bonds. The molecule has 0 saturated carbocycles. The van der Waals surface area contributed by atoms with Crippen LogP contribution in [0.3, 0.4) is 0 Å². The lowest BCUT2D eigenvalue weighted by Gasteiger charge is -2.39. The van der Waals surface area contributed by atoms with Crippen LogP contribution in [0, 0.1) is 5.82 Å². The SMILES string of the molecule is CCC(N)(c1ccccc1F)C(C)N(C)C. The van der Waals surface area contributed by atoms with E-state index in [9.17, 15) is 4.39 Å². The van der Waals surface area contributed by atoms with Gasteiger partial charge in [0.25, 0.3) is 0 Å². The molecule has 0 aliphatic carbocycles. The molecule has 0 aliphatic rings. The Kier molecular flexibility index (Phi) is 4.05. The summed E-state index contributed by atoms with van der Waals surface area (Å²) in [4.78, 5) is 2.02. The summed E-state index contributed by atoms with van der Waals surface area (Å²) in [6, 6.07) is 6.84. The molecule has 0 heterocycles. The summed E-state index contributed by atoms with van der Waals surface area (Å²) < 4.78 is 13.8. The Morgan fingerprint density at radius 3 is 2.38 bits per heavy atom. The Hall–Kier alpha value is -0.930. The molecule has 3 heteroatoms. The highest BCUT2D eigenvalue weighted by Gasteiger charge is 2.35. The van der Waals surface area contributed by atoms with Gasteiger partial charge < -0.3 is 10.6 Å². The molecule has 0 saturated heterocycles. The second-order valence-electron chi connectivity index (χ2n) is 4.51. The zero-order chi connectivity index (χ0) is 12.3. The highest BCUT2D eigenvalue weighted by Crippen LogP contribution is 2.29. The molecule has 0 radical (unpaired) electrons.